The van der Waals surface area contributed by atoms with Crippen molar-refractivity contribution in [2.45, 2.75) is 205 Å². The highest BCUT2D eigenvalue weighted by atomic mass is 32.2. The Labute approximate surface area is 270 Å². The molecule has 260 valence electrons. The molecule has 0 amide bonds. The number of rotatable bonds is 34. The van der Waals surface area contributed by atoms with Crippen LogP contribution in [0.15, 0.2) is 0 Å². The fourth-order valence-electron chi connectivity index (χ4n) is 5.39. The van der Waals surface area contributed by atoms with Gasteiger partial charge in [-0.2, -0.15) is 0 Å². The van der Waals surface area contributed by atoms with Crippen LogP contribution in [0.25, 0.3) is 0 Å². The van der Waals surface area contributed by atoms with Gasteiger partial charge >= 0.3 is 7.75 Å². The lowest BCUT2D eigenvalue weighted by atomic mass is 10.0. The summed E-state index contributed by atoms with van der Waals surface area (Å²) in [6, 6.07) is 0. The number of unbranched alkanes of at least 4 members (excludes halogenated alkanes) is 24. The van der Waals surface area contributed by atoms with Crippen molar-refractivity contribution >= 4 is 29.9 Å². The minimum Gasteiger partial charge on any atom is -0.304 e. The van der Waals surface area contributed by atoms with Gasteiger partial charge in [-0.1, -0.05) is 168 Å². The zero-order chi connectivity index (χ0) is 32.0. The Hall–Kier alpha value is 0.330. The average molecular weight is 674 g/mol. The Bertz CT molecular complexity index is 663. The van der Waals surface area contributed by atoms with Gasteiger partial charge in [0.1, 0.15) is 0 Å². The minimum atomic E-state index is -4.29. The zero-order valence-corrected chi connectivity index (χ0v) is 30.3. The molecule has 4 N–H and O–H groups in total. The molecule has 0 bridgehead atoms. The molecular weight excluding hydrogens is 605 g/mol. The van der Waals surface area contributed by atoms with Crippen molar-refractivity contribution in [2.75, 3.05) is 0 Å². The molecule has 0 saturated carbocycles. The third kappa shape index (κ3) is 29.5. The summed E-state index contributed by atoms with van der Waals surface area (Å²) in [6.07, 6.45) is 31.2. The molecule has 4 atom stereocenters. The maximum atomic E-state index is 12.8. The van der Waals surface area contributed by atoms with Gasteiger partial charge in [-0.25, -0.2) is 18.5 Å². The molecule has 0 saturated heterocycles. The van der Waals surface area contributed by atoms with E-state index in [1.165, 1.54) is 116 Å². The quantitative estimate of drug-likeness (QED) is 0.0349. The maximum Gasteiger partial charge on any atom is 0.405 e. The summed E-state index contributed by atoms with van der Waals surface area (Å²) in [7, 11) is -4.29. The first-order chi connectivity index (χ1) is 20.7. The Morgan fingerprint density at radius 1 is 0.488 bits per heavy atom. The summed E-state index contributed by atoms with van der Waals surface area (Å²) in [5.74, 6) is 0. The Morgan fingerprint density at radius 2 is 0.698 bits per heavy atom. The van der Waals surface area contributed by atoms with Gasteiger partial charge < -0.3 is 9.11 Å². The first-order valence-electron chi connectivity index (χ1n) is 17.7. The monoisotopic (exact) mass is 673 g/mol. The molecule has 0 fully saturated rings. The fraction of sp³-hybridized carbons (Fsp3) is 1.00. The molecular formula is C32H68NO7PS2. The average Bonchev–Trinajstić information content (AvgIpc) is 2.96. The van der Waals surface area contributed by atoms with Crippen LogP contribution < -0.4 is 5.50 Å². The van der Waals surface area contributed by atoms with Crippen molar-refractivity contribution in [3.05, 3.63) is 0 Å². The minimum absolute atomic E-state index is 0.219. The highest BCUT2D eigenvalue weighted by Gasteiger charge is 2.32. The molecule has 0 aromatic rings. The maximum absolute atomic E-state index is 12.8. The molecule has 8 nitrogen and oxygen atoms in total. The lowest BCUT2D eigenvalue weighted by Gasteiger charge is -2.22. The van der Waals surface area contributed by atoms with Crippen LogP contribution in [0.2, 0.25) is 0 Å². The molecule has 0 aliphatic rings. The van der Waals surface area contributed by atoms with E-state index in [1.807, 2.05) is 0 Å². The van der Waals surface area contributed by atoms with Gasteiger partial charge in [0.05, 0.1) is 0 Å². The van der Waals surface area contributed by atoms with Crippen molar-refractivity contribution in [1.29, 1.82) is 0 Å². The first-order valence-corrected chi connectivity index (χ1v) is 21.6. The van der Waals surface area contributed by atoms with E-state index in [0.717, 1.165) is 38.5 Å². The second kappa shape index (κ2) is 31.0. The normalized spacial score (nSPS) is 16.1. The predicted molar refractivity (Wildman–Crippen MR) is 184 cm³/mol. The lowest BCUT2D eigenvalue weighted by Crippen LogP contribution is -2.25. The second-order valence-corrected chi connectivity index (χ2v) is 15.9. The van der Waals surface area contributed by atoms with E-state index in [0.29, 0.717) is 12.8 Å². The van der Waals surface area contributed by atoms with Crippen LogP contribution in [0.5, 0.6) is 0 Å². The highest BCUT2D eigenvalue weighted by Crippen LogP contribution is 2.44. The van der Waals surface area contributed by atoms with Gasteiger partial charge in [-0.3, -0.25) is 9.05 Å². The Kier molecular flexibility index (Phi) is 31.2. The van der Waals surface area contributed by atoms with Crippen molar-refractivity contribution in [2.24, 2.45) is 5.50 Å². The summed E-state index contributed by atoms with van der Waals surface area (Å²) < 4.78 is 66.1. The van der Waals surface area contributed by atoms with E-state index in [9.17, 15) is 22.1 Å². The van der Waals surface area contributed by atoms with Gasteiger partial charge in [0.25, 0.3) is 0 Å². The van der Waals surface area contributed by atoms with Crippen molar-refractivity contribution < 1.29 is 31.1 Å². The summed E-state index contributed by atoms with van der Waals surface area (Å²) >= 11 is -4.80. The smallest absolute Gasteiger partial charge is 0.304 e. The molecule has 0 rings (SSSR count). The molecule has 0 spiro atoms. The molecule has 4 unspecified atom stereocenters. The first kappa shape index (κ1) is 43.3. The molecule has 0 aliphatic carbocycles. The molecule has 43 heavy (non-hydrogen) atoms. The topological polar surface area (TPSA) is 136 Å². The van der Waals surface area contributed by atoms with Crippen LogP contribution in [0.3, 0.4) is 0 Å². The summed E-state index contributed by atoms with van der Waals surface area (Å²) in [4.78, 5) is 0. The van der Waals surface area contributed by atoms with Crippen LogP contribution in [0.4, 0.5) is 0 Å². The number of hydrogen-bond donors (Lipinski definition) is 3. The SMILES string of the molecule is CCCCCCCCCCCCCCCC(OP(N)(=O)OC(CCCCCCCCCCCCCCC)S(=O)O)S(=O)O. The molecule has 0 aromatic heterocycles. The summed E-state index contributed by atoms with van der Waals surface area (Å²) in [5.41, 5.74) is 3.19. The standard InChI is InChI=1S/C32H68NO7PS2/c1-3-5-7-9-11-13-15-17-19-21-23-25-27-29-31(42(35)36)39-41(33,34)40-32(43(37)38)30-28-26-24-22-20-18-16-14-12-10-8-6-4-2/h31-32H,3-30H2,1-2H3,(H2,33,34)(H,35,36)(H,37,38). The van der Waals surface area contributed by atoms with Crippen LogP contribution in [-0.2, 0) is 35.8 Å². The molecule has 0 radical (unpaired) electrons. The molecule has 0 aromatic carbocycles. The largest absolute Gasteiger partial charge is 0.405 e. The van der Waals surface area contributed by atoms with E-state index in [2.05, 4.69) is 13.8 Å². The molecule has 0 aliphatic heterocycles. The molecule has 11 heteroatoms. The Balaban J connectivity index is 4.07. The van der Waals surface area contributed by atoms with Crippen molar-refractivity contribution in [3.63, 3.8) is 0 Å². The molecule has 0 heterocycles. The summed E-state index contributed by atoms with van der Waals surface area (Å²) in [5, 5.41) is 0. The third-order valence-electron chi connectivity index (χ3n) is 8.07. The van der Waals surface area contributed by atoms with Crippen molar-refractivity contribution in [3.8, 4) is 0 Å². The van der Waals surface area contributed by atoms with Gasteiger partial charge in [-0.15, -0.1) is 0 Å². The van der Waals surface area contributed by atoms with Gasteiger partial charge in [0, 0.05) is 0 Å². The van der Waals surface area contributed by atoms with Gasteiger partial charge in [0.15, 0.2) is 33.0 Å². The van der Waals surface area contributed by atoms with Crippen LogP contribution in [-0.4, -0.2) is 28.4 Å². The van der Waals surface area contributed by atoms with Crippen LogP contribution >= 0.6 is 7.75 Å². The zero-order valence-electron chi connectivity index (χ0n) is 27.7. The number of hydrogen-bond acceptors (Lipinski definition) is 5. The van der Waals surface area contributed by atoms with Gasteiger partial charge in [0.2, 0.25) is 0 Å². The lowest BCUT2D eigenvalue weighted by molar-refractivity contribution is 0.159. The fourth-order valence-corrected chi connectivity index (χ4v) is 8.35. The number of nitrogens with two attached hydrogens (primary N) is 1. The van der Waals surface area contributed by atoms with Crippen LogP contribution in [0, 0.1) is 0 Å². The van der Waals surface area contributed by atoms with E-state index in [4.69, 9.17) is 14.6 Å². The van der Waals surface area contributed by atoms with Crippen molar-refractivity contribution in [1.82, 2.24) is 0 Å². The van der Waals surface area contributed by atoms with E-state index >= 15 is 0 Å². The van der Waals surface area contributed by atoms with E-state index in [1.54, 1.807) is 0 Å². The van der Waals surface area contributed by atoms with E-state index in [-0.39, 0.29) is 12.8 Å². The highest BCUT2D eigenvalue weighted by molar-refractivity contribution is 7.80. The second-order valence-electron chi connectivity index (χ2n) is 12.2. The predicted octanol–water partition coefficient (Wildman–Crippen LogP) is 11.1. The van der Waals surface area contributed by atoms with Gasteiger partial charge in [-0.05, 0) is 25.7 Å². The third-order valence-corrected chi connectivity index (χ3v) is 11.0. The summed E-state index contributed by atoms with van der Waals surface area (Å²) in [6.45, 7) is 4.47. The van der Waals surface area contributed by atoms with E-state index < -0.39 is 40.8 Å². The Morgan fingerprint density at radius 3 is 0.907 bits per heavy atom. The van der Waals surface area contributed by atoms with Crippen LogP contribution in [0.1, 0.15) is 194 Å².